The minimum Gasteiger partial charge on any atom is -0.366 e. The van der Waals surface area contributed by atoms with Crippen LogP contribution in [0.2, 0.25) is 10.0 Å². The van der Waals surface area contributed by atoms with Crippen molar-refractivity contribution in [3.8, 4) is 0 Å². The Kier molecular flexibility index (Phi) is 7.44. The number of carbonyl (C=O) groups excluding carboxylic acids is 1. The van der Waals surface area contributed by atoms with Gasteiger partial charge in [-0.15, -0.1) is 0 Å². The van der Waals surface area contributed by atoms with Gasteiger partial charge in [0.2, 0.25) is 5.91 Å². The van der Waals surface area contributed by atoms with E-state index in [2.05, 4.69) is 0 Å². The molecular formula is C16H15Cl2NO4S. The Morgan fingerprint density at radius 2 is 1.79 bits per heavy atom. The van der Waals surface area contributed by atoms with Gasteiger partial charge in [0.25, 0.3) is 10.1 Å². The second kappa shape index (κ2) is 8.84. The van der Waals surface area contributed by atoms with Gasteiger partial charge in [-0.2, -0.15) is 8.42 Å². The molecule has 0 aromatic heterocycles. The van der Waals surface area contributed by atoms with Crippen LogP contribution < -0.4 is 5.73 Å². The molecule has 0 aliphatic rings. The predicted octanol–water partition coefficient (Wildman–Crippen LogP) is 3.95. The number of rotatable bonds is 3. The van der Waals surface area contributed by atoms with Crippen LogP contribution in [0, 0.1) is 6.92 Å². The van der Waals surface area contributed by atoms with E-state index in [0.717, 1.165) is 5.56 Å². The standard InChI is InChI=1S/C8H8ClNO.C8H7ClO3S/c1-5-4-6(9)2-3-7(5)8(10)11;9-8-4-2-1-3-7(8)5-6-13(10,11)12/h2-4H,1H3,(H2,10,11);1-6H,(H,10,11,12). The first-order chi connectivity index (χ1) is 11.1. The number of hydrogen-bond acceptors (Lipinski definition) is 3. The number of halogens is 2. The van der Waals surface area contributed by atoms with Gasteiger partial charge in [0.15, 0.2) is 0 Å². The Hall–Kier alpha value is -1.86. The lowest BCUT2D eigenvalue weighted by Gasteiger charge is -1.99. The monoisotopic (exact) mass is 387 g/mol. The molecule has 2 rings (SSSR count). The zero-order valence-corrected chi connectivity index (χ0v) is 14.9. The van der Waals surface area contributed by atoms with E-state index in [-0.39, 0.29) is 0 Å². The normalized spacial score (nSPS) is 11.0. The van der Waals surface area contributed by atoms with Crippen LogP contribution in [0.4, 0.5) is 0 Å². The third-order valence-electron chi connectivity index (χ3n) is 2.78. The first-order valence-corrected chi connectivity index (χ1v) is 8.82. The maximum atomic E-state index is 10.7. The second-order valence-electron chi connectivity index (χ2n) is 4.66. The summed E-state index contributed by atoms with van der Waals surface area (Å²) in [5, 5.41) is 1.74. The maximum absolute atomic E-state index is 10.7. The minimum atomic E-state index is -4.08. The first kappa shape index (κ1) is 20.2. The summed E-state index contributed by atoms with van der Waals surface area (Å²) in [6.07, 6.45) is 1.23. The van der Waals surface area contributed by atoms with Gasteiger partial charge in [0, 0.05) is 15.6 Å². The van der Waals surface area contributed by atoms with E-state index >= 15 is 0 Å². The number of carbonyl (C=O) groups is 1. The molecule has 5 nitrogen and oxygen atoms in total. The van der Waals surface area contributed by atoms with Gasteiger partial charge in [0.05, 0.1) is 5.41 Å². The molecule has 0 unspecified atom stereocenters. The zero-order valence-electron chi connectivity index (χ0n) is 12.6. The molecule has 0 aliphatic carbocycles. The SMILES string of the molecule is Cc1cc(Cl)ccc1C(N)=O.O=S(=O)(O)C=Cc1ccccc1Cl. The number of hydrogen-bond donors (Lipinski definition) is 2. The molecule has 8 heteroatoms. The lowest BCUT2D eigenvalue weighted by molar-refractivity contribution is 0.0999. The summed E-state index contributed by atoms with van der Waals surface area (Å²) < 4.78 is 29.1. The Labute approximate surface area is 150 Å². The predicted molar refractivity (Wildman–Crippen MR) is 96.7 cm³/mol. The highest BCUT2D eigenvalue weighted by Gasteiger charge is 2.03. The van der Waals surface area contributed by atoms with E-state index in [0.29, 0.717) is 26.6 Å². The van der Waals surface area contributed by atoms with Gasteiger partial charge in [-0.3, -0.25) is 9.35 Å². The van der Waals surface area contributed by atoms with E-state index in [9.17, 15) is 13.2 Å². The fraction of sp³-hybridized carbons (Fsp3) is 0.0625. The van der Waals surface area contributed by atoms with Crippen LogP contribution in [0.25, 0.3) is 6.08 Å². The number of aryl methyl sites for hydroxylation is 1. The molecule has 0 aliphatic heterocycles. The highest BCUT2D eigenvalue weighted by Crippen LogP contribution is 2.16. The van der Waals surface area contributed by atoms with Gasteiger partial charge >= 0.3 is 0 Å². The Morgan fingerprint density at radius 3 is 2.29 bits per heavy atom. The highest BCUT2D eigenvalue weighted by atomic mass is 35.5. The molecule has 0 fully saturated rings. The van der Waals surface area contributed by atoms with E-state index in [1.165, 1.54) is 6.08 Å². The van der Waals surface area contributed by atoms with Gasteiger partial charge in [0.1, 0.15) is 0 Å². The van der Waals surface area contributed by atoms with Crippen molar-refractivity contribution in [3.63, 3.8) is 0 Å². The smallest absolute Gasteiger partial charge is 0.287 e. The van der Waals surface area contributed by atoms with Crippen LogP contribution >= 0.6 is 23.2 Å². The molecule has 0 saturated carbocycles. The Balaban J connectivity index is 0.000000243. The third-order valence-corrected chi connectivity index (χ3v) is 3.84. The van der Waals surface area contributed by atoms with Gasteiger partial charge in [-0.05, 0) is 48.4 Å². The van der Waals surface area contributed by atoms with E-state index in [1.807, 2.05) is 0 Å². The average molecular weight is 388 g/mol. The highest BCUT2D eigenvalue weighted by molar-refractivity contribution is 7.88. The van der Waals surface area contributed by atoms with Crippen molar-refractivity contribution in [2.45, 2.75) is 6.92 Å². The summed E-state index contributed by atoms with van der Waals surface area (Å²) in [5.41, 5.74) is 6.96. The van der Waals surface area contributed by atoms with Gasteiger partial charge < -0.3 is 5.73 Å². The van der Waals surface area contributed by atoms with Crippen molar-refractivity contribution in [2.75, 3.05) is 0 Å². The molecule has 1 amide bonds. The first-order valence-electron chi connectivity index (χ1n) is 6.56. The number of primary amides is 1. The molecule has 0 atom stereocenters. The summed E-state index contributed by atoms with van der Waals surface area (Å²) in [7, 11) is -4.08. The number of amides is 1. The van der Waals surface area contributed by atoms with E-state index in [4.69, 9.17) is 33.5 Å². The fourth-order valence-electron chi connectivity index (χ4n) is 1.67. The van der Waals surface area contributed by atoms with Crippen molar-refractivity contribution >= 4 is 45.3 Å². The van der Waals surface area contributed by atoms with E-state index < -0.39 is 16.0 Å². The zero-order chi connectivity index (χ0) is 18.3. The minimum absolute atomic E-state index is 0.417. The lowest BCUT2D eigenvalue weighted by atomic mass is 10.1. The van der Waals surface area contributed by atoms with Crippen molar-refractivity contribution in [1.29, 1.82) is 0 Å². The van der Waals surface area contributed by atoms with Crippen LogP contribution in [-0.2, 0) is 10.1 Å². The topological polar surface area (TPSA) is 97.5 Å². The largest absolute Gasteiger partial charge is 0.366 e. The molecule has 2 aromatic carbocycles. The van der Waals surface area contributed by atoms with Crippen LogP contribution in [0.3, 0.4) is 0 Å². The van der Waals surface area contributed by atoms with Gasteiger partial charge in [-0.25, -0.2) is 0 Å². The van der Waals surface area contributed by atoms with Gasteiger partial charge in [-0.1, -0.05) is 41.4 Å². The average Bonchev–Trinajstić information content (AvgIpc) is 2.45. The molecule has 2 aromatic rings. The van der Waals surface area contributed by atoms with Crippen LogP contribution in [0.15, 0.2) is 47.9 Å². The lowest BCUT2D eigenvalue weighted by Crippen LogP contribution is -2.12. The molecule has 24 heavy (non-hydrogen) atoms. The Morgan fingerprint density at radius 1 is 1.17 bits per heavy atom. The van der Waals surface area contributed by atoms with Crippen molar-refractivity contribution < 1.29 is 17.8 Å². The molecular weight excluding hydrogens is 373 g/mol. The van der Waals surface area contributed by atoms with E-state index in [1.54, 1.807) is 49.4 Å². The molecule has 3 N–H and O–H groups in total. The van der Waals surface area contributed by atoms with Crippen molar-refractivity contribution in [2.24, 2.45) is 5.73 Å². The summed E-state index contributed by atoms with van der Waals surface area (Å²) >= 11 is 11.4. The molecule has 0 spiro atoms. The Bertz CT molecular complexity index is 864. The number of nitrogens with two attached hydrogens (primary N) is 1. The molecule has 128 valence electrons. The summed E-state index contributed by atoms with van der Waals surface area (Å²) in [6, 6.07) is 11.7. The number of benzene rings is 2. The molecule has 0 heterocycles. The van der Waals surface area contributed by atoms with Crippen LogP contribution in [0.1, 0.15) is 21.5 Å². The molecule has 0 saturated heterocycles. The van der Waals surface area contributed by atoms with Crippen molar-refractivity contribution in [1.82, 2.24) is 0 Å². The summed E-state index contributed by atoms with van der Waals surface area (Å²) in [5.74, 6) is -0.417. The quantitative estimate of drug-likeness (QED) is 0.778. The summed E-state index contributed by atoms with van der Waals surface area (Å²) in [4.78, 5) is 10.7. The second-order valence-corrected chi connectivity index (χ2v) is 6.81. The molecule has 0 bridgehead atoms. The molecule has 0 radical (unpaired) electrons. The maximum Gasteiger partial charge on any atom is 0.287 e. The van der Waals surface area contributed by atoms with Crippen molar-refractivity contribution in [3.05, 3.63) is 74.6 Å². The van der Waals surface area contributed by atoms with Crippen LogP contribution in [-0.4, -0.2) is 18.9 Å². The fourth-order valence-corrected chi connectivity index (χ4v) is 2.42. The summed E-state index contributed by atoms with van der Waals surface area (Å²) in [6.45, 7) is 1.80. The third kappa shape index (κ3) is 7.14. The van der Waals surface area contributed by atoms with Crippen LogP contribution in [0.5, 0.6) is 0 Å².